The normalized spacial score (nSPS) is 38.0. The Hall–Kier alpha value is -0.770. The summed E-state index contributed by atoms with van der Waals surface area (Å²) in [6, 6.07) is 0.0860. The van der Waals surface area contributed by atoms with Gasteiger partial charge in [-0.2, -0.15) is 0 Å². The molecule has 4 nitrogen and oxygen atoms in total. The van der Waals surface area contributed by atoms with Crippen molar-refractivity contribution in [1.82, 2.24) is 10.2 Å². The molecule has 4 aliphatic carbocycles. The molecule has 0 spiro atoms. The largest absolute Gasteiger partial charge is 0.396 e. The van der Waals surface area contributed by atoms with Crippen LogP contribution < -0.4 is 5.32 Å². The van der Waals surface area contributed by atoms with Gasteiger partial charge in [0.05, 0.1) is 0 Å². The molecule has 0 aliphatic heterocycles. The molecule has 20 heavy (non-hydrogen) atoms. The zero-order chi connectivity index (χ0) is 14.2. The summed E-state index contributed by atoms with van der Waals surface area (Å²) < 4.78 is 0. The van der Waals surface area contributed by atoms with E-state index in [0.29, 0.717) is 13.0 Å². The van der Waals surface area contributed by atoms with Crippen molar-refractivity contribution in [3.63, 3.8) is 0 Å². The van der Waals surface area contributed by atoms with E-state index in [-0.39, 0.29) is 18.2 Å². The SMILES string of the molecule is CCN(CCCO)C(=O)NC12CC3CC(CC(C3)C1)C2. The van der Waals surface area contributed by atoms with E-state index >= 15 is 0 Å². The van der Waals surface area contributed by atoms with Crippen molar-refractivity contribution < 1.29 is 9.90 Å². The van der Waals surface area contributed by atoms with Crippen molar-refractivity contribution in [3.05, 3.63) is 0 Å². The van der Waals surface area contributed by atoms with Crippen LogP contribution in [0.5, 0.6) is 0 Å². The third-order valence-electron chi connectivity index (χ3n) is 5.67. The highest BCUT2D eigenvalue weighted by Gasteiger charge is 2.51. The number of nitrogens with one attached hydrogen (secondary N) is 1. The lowest BCUT2D eigenvalue weighted by Crippen LogP contribution is -2.61. The van der Waals surface area contributed by atoms with Gasteiger partial charge in [0.1, 0.15) is 0 Å². The minimum atomic E-state index is 0.0860. The number of nitrogens with zero attached hydrogens (tertiary/aromatic N) is 1. The number of hydrogen-bond donors (Lipinski definition) is 2. The fourth-order valence-corrected chi connectivity index (χ4v) is 5.23. The molecule has 0 aromatic carbocycles. The molecule has 4 saturated carbocycles. The highest BCUT2D eigenvalue weighted by molar-refractivity contribution is 5.75. The van der Waals surface area contributed by atoms with Crippen molar-refractivity contribution >= 4 is 6.03 Å². The lowest BCUT2D eigenvalue weighted by molar-refractivity contribution is -0.0156. The molecule has 4 aliphatic rings. The maximum absolute atomic E-state index is 12.5. The number of hydrogen-bond acceptors (Lipinski definition) is 2. The fourth-order valence-electron chi connectivity index (χ4n) is 5.23. The van der Waals surface area contributed by atoms with Gasteiger partial charge in [0.25, 0.3) is 0 Å². The Morgan fingerprint density at radius 3 is 2.20 bits per heavy atom. The van der Waals surface area contributed by atoms with Crippen LogP contribution in [0.25, 0.3) is 0 Å². The smallest absolute Gasteiger partial charge is 0.317 e. The van der Waals surface area contributed by atoms with Gasteiger partial charge in [-0.05, 0) is 69.6 Å². The maximum Gasteiger partial charge on any atom is 0.317 e. The summed E-state index contributed by atoms with van der Waals surface area (Å²) in [5, 5.41) is 12.3. The maximum atomic E-state index is 12.5. The van der Waals surface area contributed by atoms with Crippen LogP contribution in [0.3, 0.4) is 0 Å². The lowest BCUT2D eigenvalue weighted by Gasteiger charge is -2.57. The van der Waals surface area contributed by atoms with Crippen molar-refractivity contribution in [2.75, 3.05) is 19.7 Å². The molecular formula is C16H28N2O2. The summed E-state index contributed by atoms with van der Waals surface area (Å²) in [4.78, 5) is 14.3. The van der Waals surface area contributed by atoms with Gasteiger partial charge in [0, 0.05) is 25.2 Å². The first-order valence-electron chi connectivity index (χ1n) is 8.32. The number of urea groups is 1. The molecule has 4 fully saturated rings. The van der Waals surface area contributed by atoms with E-state index < -0.39 is 0 Å². The average molecular weight is 280 g/mol. The average Bonchev–Trinajstić information content (AvgIpc) is 2.37. The predicted molar refractivity (Wildman–Crippen MR) is 78.4 cm³/mol. The van der Waals surface area contributed by atoms with Gasteiger partial charge < -0.3 is 15.3 Å². The van der Waals surface area contributed by atoms with Gasteiger partial charge in [-0.25, -0.2) is 4.79 Å². The molecule has 0 aromatic heterocycles. The van der Waals surface area contributed by atoms with E-state index in [0.717, 1.165) is 24.3 Å². The summed E-state index contributed by atoms with van der Waals surface area (Å²) in [6.45, 7) is 3.54. The molecule has 0 unspecified atom stereocenters. The standard InChI is InChI=1S/C16H28N2O2/c1-2-18(4-3-5-19)15(20)17-16-9-12-6-13(10-16)8-14(7-12)11-16/h12-14,19H,2-11H2,1H3,(H,17,20). The Balaban J connectivity index is 1.63. The van der Waals surface area contributed by atoms with Crippen molar-refractivity contribution in [1.29, 1.82) is 0 Å². The summed E-state index contributed by atoms with van der Waals surface area (Å²) in [7, 11) is 0. The molecule has 4 heteroatoms. The van der Waals surface area contributed by atoms with E-state index in [9.17, 15) is 4.79 Å². The quantitative estimate of drug-likeness (QED) is 0.812. The molecule has 0 aromatic rings. The fraction of sp³-hybridized carbons (Fsp3) is 0.938. The summed E-state index contributed by atoms with van der Waals surface area (Å²) in [5.74, 6) is 2.57. The van der Waals surface area contributed by atoms with E-state index in [1.807, 2.05) is 11.8 Å². The third-order valence-corrected chi connectivity index (χ3v) is 5.67. The molecule has 0 radical (unpaired) electrons. The van der Waals surface area contributed by atoms with Crippen LogP contribution in [0, 0.1) is 17.8 Å². The second-order valence-corrected chi connectivity index (χ2v) is 7.28. The van der Waals surface area contributed by atoms with Crippen molar-refractivity contribution in [3.8, 4) is 0 Å². The lowest BCUT2D eigenvalue weighted by atomic mass is 9.53. The molecule has 0 atom stereocenters. The molecule has 0 heterocycles. The Morgan fingerprint density at radius 2 is 1.75 bits per heavy atom. The molecular weight excluding hydrogens is 252 g/mol. The molecule has 4 bridgehead atoms. The minimum Gasteiger partial charge on any atom is -0.396 e. The molecule has 2 N–H and O–H groups in total. The van der Waals surface area contributed by atoms with Gasteiger partial charge in [-0.15, -0.1) is 0 Å². The van der Waals surface area contributed by atoms with Crippen LogP contribution in [-0.2, 0) is 0 Å². The highest BCUT2D eigenvalue weighted by atomic mass is 16.3. The van der Waals surface area contributed by atoms with E-state index in [1.165, 1.54) is 38.5 Å². The van der Waals surface area contributed by atoms with Gasteiger partial charge in [0.2, 0.25) is 0 Å². The van der Waals surface area contributed by atoms with Crippen LogP contribution in [0.1, 0.15) is 51.9 Å². The zero-order valence-corrected chi connectivity index (χ0v) is 12.6. The zero-order valence-electron chi connectivity index (χ0n) is 12.6. The van der Waals surface area contributed by atoms with E-state index in [2.05, 4.69) is 5.32 Å². The molecule has 4 rings (SSSR count). The highest BCUT2D eigenvalue weighted by Crippen LogP contribution is 2.55. The number of aliphatic hydroxyl groups is 1. The number of rotatable bonds is 5. The van der Waals surface area contributed by atoms with Gasteiger partial charge in [-0.1, -0.05) is 0 Å². The van der Waals surface area contributed by atoms with Gasteiger partial charge in [-0.3, -0.25) is 0 Å². The minimum absolute atomic E-state index is 0.0860. The first-order valence-corrected chi connectivity index (χ1v) is 8.32. The second kappa shape index (κ2) is 5.55. The molecule has 114 valence electrons. The van der Waals surface area contributed by atoms with Gasteiger partial charge >= 0.3 is 6.03 Å². The van der Waals surface area contributed by atoms with Crippen LogP contribution in [-0.4, -0.2) is 41.3 Å². The molecule has 2 amide bonds. The third kappa shape index (κ3) is 2.67. The summed E-state index contributed by atoms with van der Waals surface area (Å²) in [5.41, 5.74) is 0.0957. The first kappa shape index (κ1) is 14.2. The second-order valence-electron chi connectivity index (χ2n) is 7.28. The van der Waals surface area contributed by atoms with Crippen molar-refractivity contribution in [2.24, 2.45) is 17.8 Å². The predicted octanol–water partition coefficient (Wildman–Crippen LogP) is 2.37. The van der Waals surface area contributed by atoms with E-state index in [1.54, 1.807) is 0 Å². The first-order chi connectivity index (χ1) is 9.64. The van der Waals surface area contributed by atoms with Crippen LogP contribution in [0.15, 0.2) is 0 Å². The van der Waals surface area contributed by atoms with Crippen LogP contribution >= 0.6 is 0 Å². The summed E-state index contributed by atoms with van der Waals surface area (Å²) >= 11 is 0. The number of carbonyl (C=O) groups excluding carboxylic acids is 1. The summed E-state index contributed by atoms with van der Waals surface area (Å²) in [6.07, 6.45) is 8.46. The topological polar surface area (TPSA) is 52.6 Å². The Morgan fingerprint density at radius 1 is 1.20 bits per heavy atom. The Bertz CT molecular complexity index is 334. The Kier molecular flexibility index (Phi) is 3.93. The number of carbonyl (C=O) groups is 1. The van der Waals surface area contributed by atoms with Crippen LogP contribution in [0.4, 0.5) is 4.79 Å². The van der Waals surface area contributed by atoms with Crippen LogP contribution in [0.2, 0.25) is 0 Å². The number of amides is 2. The van der Waals surface area contributed by atoms with E-state index in [4.69, 9.17) is 5.11 Å². The monoisotopic (exact) mass is 280 g/mol. The van der Waals surface area contributed by atoms with Gasteiger partial charge in [0.15, 0.2) is 0 Å². The number of aliphatic hydroxyl groups excluding tert-OH is 1. The Labute approximate surface area is 121 Å². The van der Waals surface area contributed by atoms with Crippen molar-refractivity contribution in [2.45, 2.75) is 57.4 Å². The molecule has 0 saturated heterocycles.